The lowest BCUT2D eigenvalue weighted by atomic mass is 9.90. The van der Waals surface area contributed by atoms with Crippen LogP contribution >= 0.6 is 0 Å². The first-order chi connectivity index (χ1) is 23.0. The number of aromatic amines is 1. The van der Waals surface area contributed by atoms with Gasteiger partial charge in [0.1, 0.15) is 17.7 Å². The Kier molecular flexibility index (Phi) is 11.5. The van der Waals surface area contributed by atoms with Crippen LogP contribution in [-0.2, 0) is 25.7 Å². The number of hydrogen-bond acceptors (Lipinski definition) is 6. The Bertz CT molecular complexity index is 1710. The second-order valence-corrected chi connectivity index (χ2v) is 14.2. The number of H-pyrrole nitrogens is 1. The Morgan fingerprint density at radius 1 is 1.00 bits per heavy atom. The van der Waals surface area contributed by atoms with Crippen LogP contribution in [-0.4, -0.2) is 65.0 Å². The maximum Gasteiger partial charge on any atom is 0.329 e. The fourth-order valence-electron chi connectivity index (χ4n) is 6.72. The van der Waals surface area contributed by atoms with Crippen LogP contribution in [0.15, 0.2) is 72.9 Å². The first-order valence-corrected chi connectivity index (χ1v) is 17.3. The Balaban J connectivity index is 1.34. The molecule has 1 aliphatic rings. The Morgan fingerprint density at radius 2 is 1.75 bits per heavy atom. The normalized spacial score (nSPS) is 17.5. The second-order valence-electron chi connectivity index (χ2n) is 14.2. The number of piperidine rings is 1. The molecule has 2 heterocycles. The fraction of sp³-hybridized carbons (Fsp3) is 0.462. The van der Waals surface area contributed by atoms with Crippen molar-refractivity contribution >= 4 is 39.5 Å². The van der Waals surface area contributed by atoms with E-state index < -0.39 is 29.6 Å². The molecule has 5 rings (SSSR count). The molecule has 3 aromatic carbocycles. The minimum absolute atomic E-state index is 0.151. The number of nitrogens with zero attached hydrogens (tertiary/aromatic N) is 1. The van der Waals surface area contributed by atoms with E-state index in [1.807, 2.05) is 49.5 Å². The van der Waals surface area contributed by atoms with Gasteiger partial charge in [-0.05, 0) is 100.0 Å². The molecule has 4 aromatic rings. The number of hydrogen-bond donors (Lipinski definition) is 4. The van der Waals surface area contributed by atoms with E-state index in [9.17, 15) is 14.4 Å². The van der Waals surface area contributed by atoms with E-state index in [4.69, 9.17) is 10.5 Å². The zero-order valence-corrected chi connectivity index (χ0v) is 28.8. The third-order valence-electron chi connectivity index (χ3n) is 9.24. The fourth-order valence-corrected chi connectivity index (χ4v) is 6.72. The number of carbonyl (C=O) groups is 3. The molecule has 0 saturated carbocycles. The summed E-state index contributed by atoms with van der Waals surface area (Å²) in [7, 11) is 0. The van der Waals surface area contributed by atoms with Crippen molar-refractivity contribution < 1.29 is 19.1 Å². The van der Waals surface area contributed by atoms with Crippen molar-refractivity contribution in [2.75, 3.05) is 19.6 Å². The number of carbonyl (C=O) groups excluding carboxylic acids is 3. The van der Waals surface area contributed by atoms with Gasteiger partial charge >= 0.3 is 5.97 Å². The van der Waals surface area contributed by atoms with Crippen molar-refractivity contribution in [2.24, 2.45) is 11.7 Å². The number of fused-ring (bicyclic) bond motifs is 2. The second kappa shape index (κ2) is 15.8. The Labute approximate surface area is 284 Å². The zero-order chi connectivity index (χ0) is 34.3. The zero-order valence-electron chi connectivity index (χ0n) is 28.8. The van der Waals surface area contributed by atoms with E-state index in [0.717, 1.165) is 48.8 Å². The number of unbranched alkanes of at least 4 members (excludes halogenated alkanes) is 1. The van der Waals surface area contributed by atoms with Crippen LogP contribution in [0.5, 0.6) is 0 Å². The monoisotopic (exact) mass is 653 g/mol. The van der Waals surface area contributed by atoms with E-state index >= 15 is 0 Å². The summed E-state index contributed by atoms with van der Waals surface area (Å²) < 4.78 is 5.68. The molecule has 4 atom stereocenters. The number of ether oxygens (including phenoxy) is 1. The molecule has 0 spiro atoms. The van der Waals surface area contributed by atoms with E-state index in [2.05, 4.69) is 50.8 Å². The van der Waals surface area contributed by atoms with E-state index in [1.165, 1.54) is 16.3 Å². The third kappa shape index (κ3) is 9.02. The number of amides is 2. The quantitative estimate of drug-likeness (QED) is 0.107. The summed E-state index contributed by atoms with van der Waals surface area (Å²) in [6, 6.07) is 21.0. The largest absolute Gasteiger partial charge is 0.458 e. The highest BCUT2D eigenvalue weighted by atomic mass is 16.6. The van der Waals surface area contributed by atoms with Crippen LogP contribution in [0.1, 0.15) is 76.8 Å². The van der Waals surface area contributed by atoms with Crippen LogP contribution in [0, 0.1) is 5.92 Å². The summed E-state index contributed by atoms with van der Waals surface area (Å²) in [6.07, 6.45) is 5.31. The molecular formula is C39H51N5O4. The van der Waals surface area contributed by atoms with Crippen molar-refractivity contribution in [3.05, 3.63) is 84.1 Å². The summed E-state index contributed by atoms with van der Waals surface area (Å²) in [4.78, 5) is 47.1. The molecule has 1 aliphatic heterocycles. The lowest BCUT2D eigenvalue weighted by Gasteiger charge is -2.34. The summed E-state index contributed by atoms with van der Waals surface area (Å²) in [5, 5.41) is 9.51. The molecule has 1 aromatic heterocycles. The smallest absolute Gasteiger partial charge is 0.329 e. The van der Waals surface area contributed by atoms with Gasteiger partial charge in [0.25, 0.3) is 0 Å². The van der Waals surface area contributed by atoms with Gasteiger partial charge in [-0.25, -0.2) is 4.79 Å². The predicted molar refractivity (Wildman–Crippen MR) is 191 cm³/mol. The van der Waals surface area contributed by atoms with Gasteiger partial charge in [-0.3, -0.25) is 14.5 Å². The maximum atomic E-state index is 14.2. The number of rotatable bonds is 13. The molecule has 1 unspecified atom stereocenters. The molecule has 2 amide bonds. The average molecular weight is 654 g/mol. The van der Waals surface area contributed by atoms with Crippen molar-refractivity contribution in [3.8, 4) is 0 Å². The lowest BCUT2D eigenvalue weighted by molar-refractivity contribution is -0.159. The van der Waals surface area contributed by atoms with Crippen LogP contribution in [0.2, 0.25) is 0 Å². The molecule has 0 radical (unpaired) electrons. The molecule has 9 heteroatoms. The predicted octanol–water partition coefficient (Wildman–Crippen LogP) is 5.78. The molecule has 1 fully saturated rings. The number of esters is 1. The van der Waals surface area contributed by atoms with Crippen LogP contribution in [0.25, 0.3) is 21.7 Å². The van der Waals surface area contributed by atoms with Crippen molar-refractivity contribution in [1.82, 2.24) is 20.5 Å². The van der Waals surface area contributed by atoms with Gasteiger partial charge in [0.15, 0.2) is 0 Å². The standard InChI is InChI=1S/C39H51N5O4/c1-26(32-23-41-33-16-8-7-15-31(32)33)35(37(46)42-34(17-9-10-20-40)38(47)48-39(2,3)4)43-36(45)30-14-11-21-44(25-30)24-27-18-19-28-12-5-6-13-29(28)22-27/h5-8,12-13,15-16,18-19,22-23,26,30,34-35,41H,9-11,14,17,20-21,24-25,40H2,1-4H3,(H,42,46)(H,43,45)/t26-,30?,34-,35-/m0/s1. The number of nitrogens with one attached hydrogen (secondary N) is 3. The van der Waals surface area contributed by atoms with Gasteiger partial charge in [-0.1, -0.05) is 61.5 Å². The van der Waals surface area contributed by atoms with Gasteiger partial charge in [0.05, 0.1) is 5.92 Å². The topological polar surface area (TPSA) is 130 Å². The molecule has 5 N–H and O–H groups in total. The number of benzene rings is 3. The van der Waals surface area contributed by atoms with Crippen molar-refractivity contribution in [2.45, 2.75) is 89.9 Å². The Morgan fingerprint density at radius 3 is 2.52 bits per heavy atom. The number of aromatic nitrogens is 1. The summed E-state index contributed by atoms with van der Waals surface area (Å²) in [5.41, 5.74) is 8.10. The molecule has 1 saturated heterocycles. The highest BCUT2D eigenvalue weighted by Crippen LogP contribution is 2.29. The molecule has 48 heavy (non-hydrogen) atoms. The SMILES string of the molecule is C[C@@H](c1c[nH]c2ccccc12)[C@H](NC(=O)C1CCCN(Cc2ccc3ccccc3c2)C1)C(=O)N[C@@H](CCCCN)C(=O)OC(C)(C)C. The van der Waals surface area contributed by atoms with Crippen LogP contribution < -0.4 is 16.4 Å². The van der Waals surface area contributed by atoms with Crippen molar-refractivity contribution in [3.63, 3.8) is 0 Å². The first kappa shape index (κ1) is 35.1. The molecule has 9 nitrogen and oxygen atoms in total. The minimum Gasteiger partial charge on any atom is -0.458 e. The molecule has 256 valence electrons. The number of nitrogens with two attached hydrogens (primary N) is 1. The molecule has 0 aliphatic carbocycles. The van der Waals surface area contributed by atoms with Crippen LogP contribution in [0.3, 0.4) is 0 Å². The van der Waals surface area contributed by atoms with Gasteiger partial charge in [-0.15, -0.1) is 0 Å². The highest BCUT2D eigenvalue weighted by Gasteiger charge is 2.36. The highest BCUT2D eigenvalue weighted by molar-refractivity contribution is 5.93. The molecule has 0 bridgehead atoms. The summed E-state index contributed by atoms with van der Waals surface area (Å²) >= 11 is 0. The van der Waals surface area contributed by atoms with E-state index in [-0.39, 0.29) is 17.7 Å². The maximum absolute atomic E-state index is 14.2. The number of para-hydroxylation sites is 1. The average Bonchev–Trinajstić information content (AvgIpc) is 3.50. The minimum atomic E-state index is -0.910. The van der Waals surface area contributed by atoms with E-state index in [0.29, 0.717) is 25.9 Å². The van der Waals surface area contributed by atoms with Gasteiger partial charge in [0, 0.05) is 36.1 Å². The van der Waals surface area contributed by atoms with Crippen molar-refractivity contribution in [1.29, 1.82) is 0 Å². The molecular weight excluding hydrogens is 602 g/mol. The first-order valence-electron chi connectivity index (χ1n) is 17.3. The summed E-state index contributed by atoms with van der Waals surface area (Å²) in [6.45, 7) is 10.1. The summed E-state index contributed by atoms with van der Waals surface area (Å²) in [5.74, 6) is -1.70. The van der Waals surface area contributed by atoms with Gasteiger partial charge in [-0.2, -0.15) is 0 Å². The van der Waals surface area contributed by atoms with Gasteiger partial charge < -0.3 is 26.1 Å². The Hall–Kier alpha value is -4.21. The van der Waals surface area contributed by atoms with E-state index in [1.54, 1.807) is 20.8 Å². The van der Waals surface area contributed by atoms with Gasteiger partial charge in [0.2, 0.25) is 11.8 Å². The van der Waals surface area contributed by atoms with Crippen LogP contribution in [0.4, 0.5) is 0 Å². The lowest BCUT2D eigenvalue weighted by Crippen LogP contribution is -2.56. The third-order valence-corrected chi connectivity index (χ3v) is 9.24. The number of likely N-dealkylation sites (tertiary alicyclic amines) is 1.